The molecule has 3 nitrogen and oxygen atoms in total. The van der Waals surface area contributed by atoms with Crippen molar-refractivity contribution in [1.29, 1.82) is 0 Å². The van der Waals surface area contributed by atoms with E-state index >= 15 is 0 Å². The predicted octanol–water partition coefficient (Wildman–Crippen LogP) is 1.29. The number of aryl methyl sites for hydroxylation is 2. The van der Waals surface area contributed by atoms with Crippen molar-refractivity contribution < 1.29 is 10.2 Å². The molecule has 0 fully saturated rings. The Bertz CT molecular complexity index is 305. The monoisotopic (exact) mass is 231 g/mol. The zero-order valence-corrected chi connectivity index (χ0v) is 9.84. The van der Waals surface area contributed by atoms with E-state index in [4.69, 9.17) is 10.8 Å². The highest BCUT2D eigenvalue weighted by molar-refractivity contribution is 5.85. The van der Waals surface area contributed by atoms with Gasteiger partial charge in [-0.1, -0.05) is 12.1 Å². The minimum atomic E-state index is -0.224. The van der Waals surface area contributed by atoms with E-state index in [-0.39, 0.29) is 25.1 Å². The van der Waals surface area contributed by atoms with Gasteiger partial charge in [-0.25, -0.2) is 0 Å². The summed E-state index contributed by atoms with van der Waals surface area (Å²) < 4.78 is 0. The molecule has 86 valence electrons. The van der Waals surface area contributed by atoms with Gasteiger partial charge in [0.25, 0.3) is 0 Å². The third-order valence-corrected chi connectivity index (χ3v) is 2.28. The van der Waals surface area contributed by atoms with E-state index in [2.05, 4.69) is 0 Å². The molecule has 0 bridgehead atoms. The Hall–Kier alpha value is -0.770. The van der Waals surface area contributed by atoms with E-state index < -0.39 is 0 Å². The number of halogens is 1. The van der Waals surface area contributed by atoms with Crippen molar-refractivity contribution in [2.45, 2.75) is 26.3 Å². The minimum Gasteiger partial charge on any atom is -0.507 e. The van der Waals surface area contributed by atoms with Gasteiger partial charge < -0.3 is 15.9 Å². The average molecular weight is 232 g/mol. The molecular weight excluding hydrogens is 214 g/mol. The lowest BCUT2D eigenvalue weighted by Gasteiger charge is -2.11. The molecule has 0 aliphatic heterocycles. The molecular formula is C11H18ClNO2. The van der Waals surface area contributed by atoms with Crippen molar-refractivity contribution in [3.05, 3.63) is 28.8 Å². The number of nitrogens with two attached hydrogens (primary N) is 1. The summed E-state index contributed by atoms with van der Waals surface area (Å²) in [4.78, 5) is 0. The molecule has 0 amide bonds. The largest absolute Gasteiger partial charge is 0.507 e. The fourth-order valence-corrected chi connectivity index (χ4v) is 1.53. The number of aliphatic hydroxyl groups excluding tert-OH is 1. The van der Waals surface area contributed by atoms with Crippen LogP contribution in [0.3, 0.4) is 0 Å². The third-order valence-electron chi connectivity index (χ3n) is 2.28. The third kappa shape index (κ3) is 3.70. The number of rotatable bonds is 3. The molecule has 4 heteroatoms. The van der Waals surface area contributed by atoms with Crippen LogP contribution in [0.15, 0.2) is 12.1 Å². The lowest BCUT2D eigenvalue weighted by Crippen LogP contribution is -2.26. The zero-order valence-electron chi connectivity index (χ0n) is 9.03. The first kappa shape index (κ1) is 14.2. The fourth-order valence-electron chi connectivity index (χ4n) is 1.53. The smallest absolute Gasteiger partial charge is 0.121 e. The van der Waals surface area contributed by atoms with Crippen LogP contribution in [0, 0.1) is 13.8 Å². The first-order chi connectivity index (χ1) is 6.54. The average Bonchev–Trinajstić information content (AvgIpc) is 2.14. The van der Waals surface area contributed by atoms with Gasteiger partial charge in [0.1, 0.15) is 5.75 Å². The quantitative estimate of drug-likeness (QED) is 0.735. The zero-order chi connectivity index (χ0) is 10.7. The Morgan fingerprint density at radius 1 is 1.27 bits per heavy atom. The summed E-state index contributed by atoms with van der Waals surface area (Å²) in [5.41, 5.74) is 8.39. The molecule has 0 aliphatic carbocycles. The molecule has 0 aliphatic rings. The SMILES string of the molecule is Cc1cc(CC(N)CO)cc(C)c1O.Cl. The van der Waals surface area contributed by atoms with Gasteiger partial charge in [0.15, 0.2) is 0 Å². The van der Waals surface area contributed by atoms with E-state index in [1.165, 1.54) is 0 Å². The standard InChI is InChI=1S/C11H17NO2.ClH/c1-7-3-9(5-10(12)6-13)4-8(2)11(7)14;/h3-4,10,13-14H,5-6,12H2,1-2H3;1H. The van der Waals surface area contributed by atoms with Gasteiger partial charge in [0.2, 0.25) is 0 Å². The van der Waals surface area contributed by atoms with Crippen LogP contribution in [0.25, 0.3) is 0 Å². The first-order valence-electron chi connectivity index (χ1n) is 4.70. The molecule has 1 rings (SSSR count). The lowest BCUT2D eigenvalue weighted by atomic mass is 10.0. The number of hydrogen-bond acceptors (Lipinski definition) is 3. The van der Waals surface area contributed by atoms with Gasteiger partial charge in [-0.15, -0.1) is 12.4 Å². The van der Waals surface area contributed by atoms with Gasteiger partial charge >= 0.3 is 0 Å². The second-order valence-corrected chi connectivity index (χ2v) is 3.73. The fraction of sp³-hybridized carbons (Fsp3) is 0.455. The second kappa shape index (κ2) is 5.95. The molecule has 1 aromatic carbocycles. The Balaban J connectivity index is 0.00000196. The van der Waals surface area contributed by atoms with Crippen molar-refractivity contribution in [3.63, 3.8) is 0 Å². The van der Waals surface area contributed by atoms with E-state index in [9.17, 15) is 5.11 Å². The van der Waals surface area contributed by atoms with Crippen LogP contribution in [0.5, 0.6) is 5.75 Å². The van der Waals surface area contributed by atoms with Crippen molar-refractivity contribution in [2.24, 2.45) is 5.73 Å². The normalized spacial score (nSPS) is 12.0. The van der Waals surface area contributed by atoms with Gasteiger partial charge in [-0.2, -0.15) is 0 Å². The number of aromatic hydroxyl groups is 1. The topological polar surface area (TPSA) is 66.5 Å². The summed E-state index contributed by atoms with van der Waals surface area (Å²) >= 11 is 0. The highest BCUT2D eigenvalue weighted by Crippen LogP contribution is 2.23. The van der Waals surface area contributed by atoms with Crippen LogP contribution in [0.1, 0.15) is 16.7 Å². The van der Waals surface area contributed by atoms with Crippen LogP contribution in [0.2, 0.25) is 0 Å². The maximum atomic E-state index is 9.54. The Morgan fingerprint density at radius 3 is 2.13 bits per heavy atom. The molecule has 15 heavy (non-hydrogen) atoms. The molecule has 1 atom stereocenters. The van der Waals surface area contributed by atoms with Gasteiger partial charge in [0, 0.05) is 6.04 Å². The molecule has 0 radical (unpaired) electrons. The van der Waals surface area contributed by atoms with Crippen molar-refractivity contribution in [1.82, 2.24) is 0 Å². The maximum Gasteiger partial charge on any atom is 0.121 e. The molecule has 1 unspecified atom stereocenters. The molecule has 4 N–H and O–H groups in total. The minimum absolute atomic E-state index is 0. The molecule has 0 spiro atoms. The lowest BCUT2D eigenvalue weighted by molar-refractivity contribution is 0.265. The molecule has 1 aromatic rings. The number of aliphatic hydroxyl groups is 1. The van der Waals surface area contributed by atoms with E-state index in [0.717, 1.165) is 16.7 Å². The summed E-state index contributed by atoms with van der Waals surface area (Å²) in [7, 11) is 0. The van der Waals surface area contributed by atoms with E-state index in [1.54, 1.807) is 0 Å². The Kier molecular flexibility index (Phi) is 5.65. The highest BCUT2D eigenvalue weighted by Gasteiger charge is 2.06. The van der Waals surface area contributed by atoms with Crippen LogP contribution >= 0.6 is 12.4 Å². The summed E-state index contributed by atoms with van der Waals surface area (Å²) in [6.45, 7) is 3.70. The molecule has 0 saturated heterocycles. The number of phenolic OH excluding ortho intramolecular Hbond substituents is 1. The van der Waals surface area contributed by atoms with Gasteiger partial charge in [0.05, 0.1) is 6.61 Å². The second-order valence-electron chi connectivity index (χ2n) is 3.73. The first-order valence-corrected chi connectivity index (χ1v) is 4.70. The number of hydrogen-bond donors (Lipinski definition) is 3. The van der Waals surface area contributed by atoms with E-state index in [1.807, 2.05) is 26.0 Å². The molecule has 0 aromatic heterocycles. The van der Waals surface area contributed by atoms with Crippen LogP contribution in [-0.2, 0) is 6.42 Å². The van der Waals surface area contributed by atoms with E-state index in [0.29, 0.717) is 12.2 Å². The summed E-state index contributed by atoms with van der Waals surface area (Å²) in [6.07, 6.45) is 0.637. The Morgan fingerprint density at radius 2 is 1.73 bits per heavy atom. The van der Waals surface area contributed by atoms with Crippen molar-refractivity contribution in [3.8, 4) is 5.75 Å². The van der Waals surface area contributed by atoms with Crippen LogP contribution < -0.4 is 5.73 Å². The summed E-state index contributed by atoms with van der Waals surface area (Å²) in [5, 5.41) is 18.4. The molecule has 0 saturated carbocycles. The maximum absolute atomic E-state index is 9.54. The number of phenols is 1. The van der Waals surface area contributed by atoms with Crippen molar-refractivity contribution in [2.75, 3.05) is 6.61 Å². The van der Waals surface area contributed by atoms with Gasteiger partial charge in [-0.05, 0) is 37.0 Å². The Labute approximate surface area is 96.3 Å². The summed E-state index contributed by atoms with van der Waals surface area (Å²) in [5.74, 6) is 0.339. The van der Waals surface area contributed by atoms with Crippen LogP contribution in [0.4, 0.5) is 0 Å². The summed E-state index contributed by atoms with van der Waals surface area (Å²) in [6, 6.07) is 3.58. The predicted molar refractivity (Wildman–Crippen MR) is 63.6 cm³/mol. The van der Waals surface area contributed by atoms with Gasteiger partial charge in [-0.3, -0.25) is 0 Å². The van der Waals surface area contributed by atoms with Crippen LogP contribution in [-0.4, -0.2) is 22.9 Å². The highest BCUT2D eigenvalue weighted by atomic mass is 35.5. The van der Waals surface area contributed by atoms with Crippen molar-refractivity contribution >= 4 is 12.4 Å². The molecule has 0 heterocycles. The number of benzene rings is 1.